The Labute approximate surface area is 154 Å². The molecule has 1 N–H and O–H groups in total. The van der Waals surface area contributed by atoms with E-state index in [0.717, 1.165) is 37.3 Å². The van der Waals surface area contributed by atoms with E-state index in [2.05, 4.69) is 27.8 Å². The molecule has 140 valence electrons. The fourth-order valence-corrected chi connectivity index (χ4v) is 3.61. The van der Waals surface area contributed by atoms with Crippen LogP contribution >= 0.6 is 0 Å². The number of rotatable bonds is 7. The maximum Gasteiger partial charge on any atom is 0.338 e. The van der Waals surface area contributed by atoms with E-state index in [1.165, 1.54) is 19.3 Å². The van der Waals surface area contributed by atoms with Crippen molar-refractivity contribution in [2.75, 3.05) is 13.2 Å². The van der Waals surface area contributed by atoms with Crippen molar-refractivity contribution in [1.29, 1.82) is 0 Å². The topological polar surface area (TPSA) is 81.9 Å². The van der Waals surface area contributed by atoms with Gasteiger partial charge in [-0.25, -0.2) is 4.79 Å². The molecule has 1 aromatic carbocycles. The monoisotopic (exact) mass is 357 g/mol. The molecule has 2 aromatic rings. The molecule has 1 saturated carbocycles. The van der Waals surface area contributed by atoms with Crippen LogP contribution in [0.25, 0.3) is 5.69 Å². The van der Waals surface area contributed by atoms with Crippen LogP contribution in [0.15, 0.2) is 24.3 Å². The lowest BCUT2D eigenvalue weighted by Gasteiger charge is -2.37. The van der Waals surface area contributed by atoms with Gasteiger partial charge < -0.3 is 10.1 Å². The predicted molar refractivity (Wildman–Crippen MR) is 98.2 cm³/mol. The fraction of sp³-hybridized carbons (Fsp3) is 0.579. The van der Waals surface area contributed by atoms with Gasteiger partial charge in [-0.1, -0.05) is 26.2 Å². The second-order valence-electron chi connectivity index (χ2n) is 6.75. The molecule has 0 atom stereocenters. The van der Waals surface area contributed by atoms with Crippen molar-refractivity contribution < 1.29 is 9.53 Å². The molecule has 0 bridgehead atoms. The largest absolute Gasteiger partial charge is 0.462 e. The maximum atomic E-state index is 11.8. The highest BCUT2D eigenvalue weighted by Gasteiger charge is 2.38. The smallest absolute Gasteiger partial charge is 0.338 e. The third-order valence-corrected chi connectivity index (χ3v) is 4.94. The number of esters is 1. The molecule has 3 rings (SSSR count). The highest BCUT2D eigenvalue weighted by Crippen LogP contribution is 2.36. The molecule has 0 amide bonds. The van der Waals surface area contributed by atoms with E-state index < -0.39 is 0 Å². The molecule has 1 aliphatic carbocycles. The van der Waals surface area contributed by atoms with Crippen LogP contribution in [0, 0.1) is 0 Å². The van der Waals surface area contributed by atoms with Crippen molar-refractivity contribution in [2.45, 2.75) is 57.9 Å². The van der Waals surface area contributed by atoms with Gasteiger partial charge in [-0.05, 0) is 67.4 Å². The van der Waals surface area contributed by atoms with Gasteiger partial charge in [0, 0.05) is 0 Å². The third-order valence-electron chi connectivity index (χ3n) is 4.94. The Kier molecular flexibility index (Phi) is 5.98. The molecule has 0 saturated heterocycles. The zero-order valence-electron chi connectivity index (χ0n) is 15.6. The standard InChI is InChI=1S/C19H27N5O2/c1-3-14-20-19(12-6-5-7-13-19)18-21-22-23-24(18)16-10-8-15(9-11-16)17(25)26-4-2/h8-11,20H,3-7,12-14H2,1-2H3. The molecule has 0 unspecified atom stereocenters. The average molecular weight is 357 g/mol. The summed E-state index contributed by atoms with van der Waals surface area (Å²) >= 11 is 0. The highest BCUT2D eigenvalue weighted by molar-refractivity contribution is 5.89. The van der Waals surface area contributed by atoms with Gasteiger partial charge >= 0.3 is 5.97 Å². The van der Waals surface area contributed by atoms with E-state index in [1.807, 2.05) is 12.1 Å². The summed E-state index contributed by atoms with van der Waals surface area (Å²) in [5.41, 5.74) is 1.19. The number of hydrogen-bond donors (Lipinski definition) is 1. The van der Waals surface area contributed by atoms with Crippen molar-refractivity contribution in [3.05, 3.63) is 35.7 Å². The summed E-state index contributed by atoms with van der Waals surface area (Å²) in [5.74, 6) is 0.541. The molecule has 0 spiro atoms. The van der Waals surface area contributed by atoms with E-state index >= 15 is 0 Å². The molecule has 0 aliphatic heterocycles. The first-order valence-corrected chi connectivity index (χ1v) is 9.51. The maximum absolute atomic E-state index is 11.8. The number of nitrogens with one attached hydrogen (secondary N) is 1. The number of carbonyl (C=O) groups is 1. The Morgan fingerprint density at radius 1 is 1.19 bits per heavy atom. The normalized spacial score (nSPS) is 16.4. The molecule has 7 nitrogen and oxygen atoms in total. The summed E-state index contributed by atoms with van der Waals surface area (Å²) < 4.78 is 6.84. The molecular weight excluding hydrogens is 330 g/mol. The van der Waals surface area contributed by atoms with E-state index in [4.69, 9.17) is 4.74 Å². The zero-order chi connectivity index (χ0) is 18.4. The predicted octanol–water partition coefficient (Wildman–Crippen LogP) is 3.00. The first-order chi connectivity index (χ1) is 12.7. The first kappa shape index (κ1) is 18.5. The minimum atomic E-state index is -0.315. The summed E-state index contributed by atoms with van der Waals surface area (Å²) in [6, 6.07) is 7.24. The SMILES string of the molecule is CCCNC1(c2nnnn2-c2ccc(C(=O)OCC)cc2)CCCCC1. The molecule has 1 heterocycles. The molecule has 1 aliphatic rings. The van der Waals surface area contributed by atoms with Gasteiger partial charge in [0.05, 0.1) is 23.4 Å². The second-order valence-corrected chi connectivity index (χ2v) is 6.75. The number of aromatic nitrogens is 4. The fourth-order valence-electron chi connectivity index (χ4n) is 3.61. The van der Waals surface area contributed by atoms with Crippen molar-refractivity contribution in [3.8, 4) is 5.69 Å². The van der Waals surface area contributed by atoms with Crippen LogP contribution < -0.4 is 5.32 Å². The lowest BCUT2D eigenvalue weighted by molar-refractivity contribution is 0.0526. The van der Waals surface area contributed by atoms with Gasteiger partial charge in [-0.3, -0.25) is 0 Å². The Bertz CT molecular complexity index is 720. The summed E-state index contributed by atoms with van der Waals surface area (Å²) in [6.07, 6.45) is 6.74. The van der Waals surface area contributed by atoms with Gasteiger partial charge in [0.1, 0.15) is 0 Å². The highest BCUT2D eigenvalue weighted by atomic mass is 16.5. The van der Waals surface area contributed by atoms with Gasteiger partial charge in [0.2, 0.25) is 0 Å². The lowest BCUT2D eigenvalue weighted by Crippen LogP contribution is -2.46. The van der Waals surface area contributed by atoms with Crippen LogP contribution in [0.4, 0.5) is 0 Å². The van der Waals surface area contributed by atoms with Crippen LogP contribution in [0.3, 0.4) is 0 Å². The quantitative estimate of drug-likeness (QED) is 0.767. The van der Waals surface area contributed by atoms with Crippen molar-refractivity contribution in [3.63, 3.8) is 0 Å². The number of ether oxygens (including phenoxy) is 1. The van der Waals surface area contributed by atoms with Gasteiger partial charge in [-0.2, -0.15) is 4.68 Å². The summed E-state index contributed by atoms with van der Waals surface area (Å²) in [5, 5.41) is 16.3. The minimum absolute atomic E-state index is 0.183. The Hall–Kier alpha value is -2.28. The van der Waals surface area contributed by atoms with Gasteiger partial charge in [0.15, 0.2) is 5.82 Å². The van der Waals surface area contributed by atoms with E-state index in [-0.39, 0.29) is 11.5 Å². The average Bonchev–Trinajstić information content (AvgIpc) is 3.18. The zero-order valence-corrected chi connectivity index (χ0v) is 15.6. The molecule has 7 heteroatoms. The van der Waals surface area contributed by atoms with Crippen molar-refractivity contribution >= 4 is 5.97 Å². The molecule has 0 radical (unpaired) electrons. The van der Waals surface area contributed by atoms with Crippen molar-refractivity contribution in [2.24, 2.45) is 0 Å². The number of carbonyl (C=O) groups excluding carboxylic acids is 1. The molecule has 1 fully saturated rings. The number of benzene rings is 1. The number of nitrogens with zero attached hydrogens (tertiary/aromatic N) is 4. The van der Waals surface area contributed by atoms with Crippen LogP contribution in [0.5, 0.6) is 0 Å². The Balaban J connectivity index is 1.90. The van der Waals surface area contributed by atoms with Gasteiger partial charge in [-0.15, -0.1) is 5.10 Å². The number of tetrazole rings is 1. The molecular formula is C19H27N5O2. The summed E-state index contributed by atoms with van der Waals surface area (Å²) in [6.45, 7) is 5.27. The lowest BCUT2D eigenvalue weighted by atomic mass is 9.80. The van der Waals surface area contributed by atoms with Crippen LogP contribution in [0.2, 0.25) is 0 Å². The first-order valence-electron chi connectivity index (χ1n) is 9.51. The minimum Gasteiger partial charge on any atom is -0.462 e. The van der Waals surface area contributed by atoms with Crippen molar-refractivity contribution in [1.82, 2.24) is 25.5 Å². The Morgan fingerprint density at radius 3 is 2.58 bits per heavy atom. The van der Waals surface area contributed by atoms with E-state index in [9.17, 15) is 4.79 Å². The summed E-state index contributed by atoms with van der Waals surface area (Å²) in [7, 11) is 0. The second kappa shape index (κ2) is 8.40. The number of hydrogen-bond acceptors (Lipinski definition) is 6. The Morgan fingerprint density at radius 2 is 1.92 bits per heavy atom. The van der Waals surface area contributed by atoms with Crippen LogP contribution in [-0.2, 0) is 10.3 Å². The van der Waals surface area contributed by atoms with Crippen LogP contribution in [-0.4, -0.2) is 39.3 Å². The molecule has 26 heavy (non-hydrogen) atoms. The van der Waals surface area contributed by atoms with Gasteiger partial charge in [0.25, 0.3) is 0 Å². The van der Waals surface area contributed by atoms with E-state index in [0.29, 0.717) is 12.2 Å². The van der Waals surface area contributed by atoms with Crippen LogP contribution in [0.1, 0.15) is 68.6 Å². The third kappa shape index (κ3) is 3.77. The molecule has 1 aromatic heterocycles. The summed E-state index contributed by atoms with van der Waals surface area (Å²) in [4.78, 5) is 11.8. The van der Waals surface area contributed by atoms with E-state index in [1.54, 1.807) is 23.7 Å².